The van der Waals surface area contributed by atoms with Gasteiger partial charge in [-0.2, -0.15) is 0 Å². The molecule has 0 atom stereocenters. The summed E-state index contributed by atoms with van der Waals surface area (Å²) >= 11 is 0. The second kappa shape index (κ2) is 9.60. The lowest BCUT2D eigenvalue weighted by molar-refractivity contribution is -0.156. The van der Waals surface area contributed by atoms with E-state index in [-0.39, 0.29) is 43.7 Å². The first kappa shape index (κ1) is 20.9. The normalized spacial score (nSPS) is 14.9. The van der Waals surface area contributed by atoms with E-state index in [1.165, 1.54) is 6.07 Å². The fourth-order valence-electron chi connectivity index (χ4n) is 3.54. The Balaban J connectivity index is 1.65. The Bertz CT molecular complexity index is 838. The predicted molar refractivity (Wildman–Crippen MR) is 107 cm³/mol. The second-order valence-corrected chi connectivity index (χ2v) is 7.30. The van der Waals surface area contributed by atoms with Crippen molar-refractivity contribution >= 4 is 11.8 Å². The average molecular weight is 399 g/mol. The molecule has 1 fully saturated rings. The van der Waals surface area contributed by atoms with Crippen LogP contribution in [0.2, 0.25) is 0 Å². The topological polar surface area (TPSA) is 71.5 Å². The van der Waals surface area contributed by atoms with Crippen LogP contribution in [0.3, 0.4) is 0 Å². The van der Waals surface area contributed by atoms with Crippen molar-refractivity contribution in [2.75, 3.05) is 32.8 Å². The maximum absolute atomic E-state index is 14.2. The molecule has 0 radical (unpaired) electrons. The molecule has 0 spiro atoms. The van der Waals surface area contributed by atoms with Crippen LogP contribution in [0.4, 0.5) is 4.39 Å². The van der Waals surface area contributed by atoms with Crippen LogP contribution in [0.5, 0.6) is 0 Å². The summed E-state index contributed by atoms with van der Waals surface area (Å²) in [4.78, 5) is 30.9. The van der Waals surface area contributed by atoms with Crippen molar-refractivity contribution in [3.05, 3.63) is 65.7 Å². The molecule has 154 valence electrons. The van der Waals surface area contributed by atoms with Gasteiger partial charge in [-0.1, -0.05) is 24.3 Å². The van der Waals surface area contributed by atoms with Gasteiger partial charge in [0.1, 0.15) is 12.4 Å². The molecule has 1 aliphatic heterocycles. The molecule has 1 saturated heterocycles. The van der Waals surface area contributed by atoms with Gasteiger partial charge in [0, 0.05) is 38.6 Å². The largest absolute Gasteiger partial charge is 0.372 e. The maximum Gasteiger partial charge on any atom is 0.248 e. The first-order valence-electron chi connectivity index (χ1n) is 9.80. The zero-order valence-corrected chi connectivity index (χ0v) is 16.6. The molecule has 0 aliphatic carbocycles. The highest BCUT2D eigenvalue weighted by molar-refractivity contribution is 5.88. The Morgan fingerprint density at radius 3 is 2.72 bits per heavy atom. The van der Waals surface area contributed by atoms with Gasteiger partial charge in [0.2, 0.25) is 11.8 Å². The van der Waals surface area contributed by atoms with Crippen LogP contribution in [0.15, 0.2) is 48.8 Å². The van der Waals surface area contributed by atoms with Gasteiger partial charge in [0.25, 0.3) is 0 Å². The number of pyridine rings is 1. The summed E-state index contributed by atoms with van der Waals surface area (Å²) in [5.74, 6) is -0.654. The highest BCUT2D eigenvalue weighted by Crippen LogP contribution is 2.35. The van der Waals surface area contributed by atoms with E-state index in [0.29, 0.717) is 25.1 Å². The number of ether oxygens (including phenoxy) is 1. The van der Waals surface area contributed by atoms with E-state index < -0.39 is 5.41 Å². The Labute approximate surface area is 170 Å². The fourth-order valence-corrected chi connectivity index (χ4v) is 3.54. The smallest absolute Gasteiger partial charge is 0.248 e. The van der Waals surface area contributed by atoms with E-state index in [9.17, 15) is 14.0 Å². The Hall–Kier alpha value is -2.80. The molecule has 1 aromatic carbocycles. The number of nitrogens with one attached hydrogen (secondary N) is 1. The van der Waals surface area contributed by atoms with E-state index in [4.69, 9.17) is 4.74 Å². The van der Waals surface area contributed by atoms with Crippen molar-refractivity contribution in [2.45, 2.75) is 19.8 Å². The van der Waals surface area contributed by atoms with Gasteiger partial charge < -0.3 is 15.0 Å². The molecule has 0 saturated carbocycles. The number of aromatic nitrogens is 1. The number of rotatable bonds is 9. The summed E-state index contributed by atoms with van der Waals surface area (Å²) in [6, 6.07) is 10.3. The minimum Gasteiger partial charge on any atom is -0.372 e. The lowest BCUT2D eigenvalue weighted by Gasteiger charge is -2.49. The molecule has 6 nitrogen and oxygen atoms in total. The molecule has 3 rings (SSSR count). The third kappa shape index (κ3) is 5.17. The summed E-state index contributed by atoms with van der Waals surface area (Å²) in [7, 11) is 0. The number of halogens is 1. The van der Waals surface area contributed by atoms with Gasteiger partial charge in [0.05, 0.1) is 5.41 Å². The Morgan fingerprint density at radius 2 is 2.03 bits per heavy atom. The molecule has 7 heteroatoms. The third-order valence-electron chi connectivity index (χ3n) is 5.16. The van der Waals surface area contributed by atoms with Crippen LogP contribution in [0, 0.1) is 11.2 Å². The molecule has 2 aromatic rings. The first-order valence-corrected chi connectivity index (χ1v) is 9.80. The molecule has 29 heavy (non-hydrogen) atoms. The van der Waals surface area contributed by atoms with Crippen LogP contribution in [0.1, 0.15) is 18.1 Å². The molecule has 0 bridgehead atoms. The molecule has 2 heterocycles. The first-order chi connectivity index (χ1) is 14.0. The summed E-state index contributed by atoms with van der Waals surface area (Å²) in [6.07, 6.45) is 4.37. The molecule has 1 N–H and O–H groups in total. The third-order valence-corrected chi connectivity index (χ3v) is 5.16. The number of amides is 2. The van der Waals surface area contributed by atoms with Crippen LogP contribution in [-0.4, -0.2) is 54.5 Å². The van der Waals surface area contributed by atoms with Crippen molar-refractivity contribution < 1.29 is 18.7 Å². The summed E-state index contributed by atoms with van der Waals surface area (Å²) in [5.41, 5.74) is 0.670. The van der Waals surface area contributed by atoms with Crippen molar-refractivity contribution in [3.63, 3.8) is 0 Å². The van der Waals surface area contributed by atoms with Gasteiger partial charge in [-0.15, -0.1) is 0 Å². The van der Waals surface area contributed by atoms with E-state index in [0.717, 1.165) is 5.56 Å². The number of nitrogens with zero attached hydrogens (tertiary/aromatic N) is 2. The van der Waals surface area contributed by atoms with Crippen molar-refractivity contribution in [3.8, 4) is 0 Å². The van der Waals surface area contributed by atoms with E-state index in [1.54, 1.807) is 35.5 Å². The highest BCUT2D eigenvalue weighted by Gasteiger charge is 2.51. The SMILES string of the molecule is CCOCC(=O)N1CC(Cc2ccccc2F)(C(=O)NCCc2cccnc2)C1. The zero-order chi connectivity index (χ0) is 20.7. The van der Waals surface area contributed by atoms with E-state index >= 15 is 0 Å². The van der Waals surface area contributed by atoms with Gasteiger partial charge in [0.15, 0.2) is 0 Å². The average Bonchev–Trinajstić information content (AvgIpc) is 2.70. The standard InChI is InChI=1S/C22H26FN3O3/c1-2-29-14-20(27)26-15-22(16-26,12-18-7-3-4-8-19(18)23)21(28)25-11-9-17-6-5-10-24-13-17/h3-8,10,13H,2,9,11-12,14-16H2,1H3,(H,25,28). The minimum atomic E-state index is -0.834. The Morgan fingerprint density at radius 1 is 1.24 bits per heavy atom. The van der Waals surface area contributed by atoms with Crippen molar-refractivity contribution in [2.24, 2.45) is 5.41 Å². The number of benzene rings is 1. The van der Waals surface area contributed by atoms with Crippen molar-refractivity contribution in [1.29, 1.82) is 0 Å². The highest BCUT2D eigenvalue weighted by atomic mass is 19.1. The molecule has 2 amide bonds. The molecular weight excluding hydrogens is 373 g/mol. The monoisotopic (exact) mass is 399 g/mol. The summed E-state index contributed by atoms with van der Waals surface area (Å²) in [6.45, 7) is 3.24. The van der Waals surface area contributed by atoms with Crippen LogP contribution in [0.25, 0.3) is 0 Å². The van der Waals surface area contributed by atoms with E-state index in [2.05, 4.69) is 10.3 Å². The van der Waals surface area contributed by atoms with E-state index in [1.807, 2.05) is 19.1 Å². The zero-order valence-electron chi connectivity index (χ0n) is 16.6. The number of hydrogen-bond donors (Lipinski definition) is 1. The molecule has 1 aromatic heterocycles. The van der Waals surface area contributed by atoms with Crippen molar-refractivity contribution in [1.82, 2.24) is 15.2 Å². The molecule has 1 aliphatic rings. The molecule has 0 unspecified atom stereocenters. The van der Waals surface area contributed by atoms with Crippen LogP contribution >= 0.6 is 0 Å². The van der Waals surface area contributed by atoms with Gasteiger partial charge in [-0.3, -0.25) is 14.6 Å². The predicted octanol–water partition coefficient (Wildman–Crippen LogP) is 1.99. The number of carbonyl (C=O) groups is 2. The minimum absolute atomic E-state index is 0.00506. The van der Waals surface area contributed by atoms with Crippen LogP contribution < -0.4 is 5.32 Å². The lowest BCUT2D eigenvalue weighted by atomic mass is 9.73. The Kier molecular flexibility index (Phi) is 6.93. The number of carbonyl (C=O) groups excluding carboxylic acids is 2. The molecular formula is C22H26FN3O3. The van der Waals surface area contributed by atoms with Gasteiger partial charge in [-0.05, 0) is 43.0 Å². The second-order valence-electron chi connectivity index (χ2n) is 7.30. The number of likely N-dealkylation sites (tertiary alicyclic amines) is 1. The van der Waals surface area contributed by atoms with Gasteiger partial charge in [-0.25, -0.2) is 4.39 Å². The lowest BCUT2D eigenvalue weighted by Crippen LogP contribution is -2.66. The number of hydrogen-bond acceptors (Lipinski definition) is 4. The maximum atomic E-state index is 14.2. The quantitative estimate of drug-likeness (QED) is 0.700. The summed E-state index contributed by atoms with van der Waals surface area (Å²) < 4.78 is 19.4. The summed E-state index contributed by atoms with van der Waals surface area (Å²) in [5, 5.41) is 2.96. The fraction of sp³-hybridized carbons (Fsp3) is 0.409. The van der Waals surface area contributed by atoms with Gasteiger partial charge >= 0.3 is 0 Å². The van der Waals surface area contributed by atoms with Crippen LogP contribution in [-0.2, 0) is 27.2 Å².